The monoisotopic (exact) mass is 427 g/mol. The quantitative estimate of drug-likeness (QED) is 0.779. The molecule has 1 saturated heterocycles. The molecule has 1 atom stereocenters. The zero-order valence-electron chi connectivity index (χ0n) is 17.5. The third-order valence-corrected chi connectivity index (χ3v) is 7.49. The molecule has 2 aromatic rings. The van der Waals surface area contributed by atoms with Crippen molar-refractivity contribution in [3.8, 4) is 0 Å². The molecule has 1 fully saturated rings. The number of fused-ring (bicyclic) bond motifs is 1. The van der Waals surface area contributed by atoms with E-state index in [0.717, 1.165) is 49.5 Å². The number of amides is 1. The van der Waals surface area contributed by atoms with Crippen molar-refractivity contribution in [3.05, 3.63) is 42.1 Å². The summed E-state index contributed by atoms with van der Waals surface area (Å²) >= 11 is 0. The number of rotatable bonds is 4. The van der Waals surface area contributed by atoms with E-state index in [9.17, 15) is 9.00 Å². The second kappa shape index (κ2) is 8.73. The molecule has 0 radical (unpaired) electrons. The predicted molar refractivity (Wildman–Crippen MR) is 121 cm³/mol. The van der Waals surface area contributed by atoms with Gasteiger partial charge in [-0.3, -0.25) is 13.9 Å². The van der Waals surface area contributed by atoms with Gasteiger partial charge in [-0.05, 0) is 30.5 Å². The molecule has 2 aliphatic heterocycles. The maximum Gasteiger partial charge on any atom is 0.238 e. The van der Waals surface area contributed by atoms with Gasteiger partial charge < -0.3 is 16.0 Å². The van der Waals surface area contributed by atoms with Gasteiger partial charge in [0.15, 0.2) is 0 Å². The minimum atomic E-state index is -1.14. The van der Waals surface area contributed by atoms with Crippen molar-refractivity contribution in [1.82, 2.24) is 9.88 Å². The number of piperidine rings is 1. The van der Waals surface area contributed by atoms with Crippen molar-refractivity contribution in [1.29, 1.82) is 0 Å². The number of carbonyl (C=O) groups is 1. The predicted octanol–water partition coefficient (Wildman–Crippen LogP) is 2.60. The maximum atomic E-state index is 12.6. The number of benzene rings is 1. The topological polar surface area (TPSA) is 91.6 Å². The molecule has 3 heterocycles. The highest BCUT2D eigenvalue weighted by atomic mass is 32.2. The van der Waals surface area contributed by atoms with Gasteiger partial charge in [0.25, 0.3) is 0 Å². The van der Waals surface area contributed by atoms with Crippen LogP contribution in [0.5, 0.6) is 0 Å². The lowest BCUT2D eigenvalue weighted by molar-refractivity contribution is -0.117. The second-order valence-corrected chi connectivity index (χ2v) is 10.2. The van der Waals surface area contributed by atoms with Crippen LogP contribution in [-0.2, 0) is 22.1 Å². The summed E-state index contributed by atoms with van der Waals surface area (Å²) < 4.78 is 12.6. The molecule has 1 unspecified atom stereocenters. The normalized spacial score (nSPS) is 19.3. The Morgan fingerprint density at radius 3 is 2.67 bits per heavy atom. The molecule has 2 aliphatic rings. The van der Waals surface area contributed by atoms with E-state index in [-0.39, 0.29) is 11.2 Å². The summed E-state index contributed by atoms with van der Waals surface area (Å²) in [6, 6.07) is 10.2. The Morgan fingerprint density at radius 2 is 1.93 bits per heavy atom. The zero-order chi connectivity index (χ0) is 21.3. The van der Waals surface area contributed by atoms with E-state index in [4.69, 9.17) is 5.73 Å². The van der Waals surface area contributed by atoms with Gasteiger partial charge in [0.05, 0.1) is 34.1 Å². The molecule has 160 valence electrons. The second-order valence-electron chi connectivity index (χ2n) is 8.26. The van der Waals surface area contributed by atoms with E-state index in [0.29, 0.717) is 23.2 Å². The van der Waals surface area contributed by atoms with Gasteiger partial charge in [0.1, 0.15) is 5.82 Å². The Balaban J connectivity index is 1.45. The van der Waals surface area contributed by atoms with E-state index in [1.807, 2.05) is 38.1 Å². The molecule has 3 N–H and O–H groups in total. The van der Waals surface area contributed by atoms with Crippen LogP contribution in [0.1, 0.15) is 32.3 Å². The Morgan fingerprint density at radius 1 is 1.20 bits per heavy atom. The van der Waals surface area contributed by atoms with E-state index in [1.165, 1.54) is 0 Å². The lowest BCUT2D eigenvalue weighted by Gasteiger charge is -2.38. The van der Waals surface area contributed by atoms with Crippen molar-refractivity contribution in [2.75, 3.05) is 35.6 Å². The summed E-state index contributed by atoms with van der Waals surface area (Å²) in [5.41, 5.74) is 8.58. The highest BCUT2D eigenvalue weighted by Crippen LogP contribution is 2.28. The van der Waals surface area contributed by atoms with E-state index >= 15 is 0 Å². The van der Waals surface area contributed by atoms with Gasteiger partial charge in [0.2, 0.25) is 5.91 Å². The van der Waals surface area contributed by atoms with Gasteiger partial charge >= 0.3 is 0 Å². The zero-order valence-corrected chi connectivity index (χ0v) is 18.3. The molecule has 1 aromatic heterocycles. The summed E-state index contributed by atoms with van der Waals surface area (Å²) in [6.07, 6.45) is 3.52. The first-order chi connectivity index (χ1) is 14.4. The largest absolute Gasteiger partial charge is 0.396 e. The van der Waals surface area contributed by atoms with E-state index < -0.39 is 10.8 Å². The summed E-state index contributed by atoms with van der Waals surface area (Å²) in [6.45, 7) is 6.73. The van der Waals surface area contributed by atoms with Crippen molar-refractivity contribution in [3.63, 3.8) is 0 Å². The third kappa shape index (κ3) is 4.34. The summed E-state index contributed by atoms with van der Waals surface area (Å²) in [5.74, 6) is 0.869. The van der Waals surface area contributed by atoms with Crippen molar-refractivity contribution < 1.29 is 9.00 Å². The summed E-state index contributed by atoms with van der Waals surface area (Å²) in [7, 11) is -1.14. The standard InChI is InChI=1S/C22H29N5O2S/c1-15(2)30(29)20-11-21(24-12-18(20)23)26-9-7-17(8-10-26)27-13-16-5-3-4-6-19(16)25-22(28)14-27/h3-6,11-12,15,17H,7-10,13-14,23H2,1-2H3,(H,25,28). The minimum absolute atomic E-state index is 0.00495. The van der Waals surface area contributed by atoms with E-state index in [1.54, 1.807) is 6.20 Å². The fourth-order valence-corrected chi connectivity index (χ4v) is 5.20. The van der Waals surface area contributed by atoms with Gasteiger partial charge in [-0.2, -0.15) is 0 Å². The number of aromatic nitrogens is 1. The molecule has 0 saturated carbocycles. The van der Waals surface area contributed by atoms with Crippen LogP contribution in [0.4, 0.5) is 17.2 Å². The van der Waals surface area contributed by atoms with Crippen LogP contribution in [0.25, 0.3) is 0 Å². The number of nitrogens with zero attached hydrogens (tertiary/aromatic N) is 3. The molecule has 30 heavy (non-hydrogen) atoms. The highest BCUT2D eigenvalue weighted by molar-refractivity contribution is 7.85. The van der Waals surface area contributed by atoms with Crippen LogP contribution in [0.15, 0.2) is 41.4 Å². The molecular formula is C22H29N5O2S. The SMILES string of the molecule is CC(C)S(=O)c1cc(N2CCC(N3CC(=O)Nc4ccccc4C3)CC2)ncc1N. The molecule has 1 amide bonds. The molecule has 7 nitrogen and oxygen atoms in total. The fourth-order valence-electron chi connectivity index (χ4n) is 4.19. The first kappa shape index (κ1) is 20.8. The van der Waals surface area contributed by atoms with Crippen LogP contribution >= 0.6 is 0 Å². The Hall–Kier alpha value is -2.45. The highest BCUT2D eigenvalue weighted by Gasteiger charge is 2.29. The molecule has 1 aromatic carbocycles. The van der Waals surface area contributed by atoms with Gasteiger partial charge in [-0.1, -0.05) is 32.0 Å². The number of carbonyl (C=O) groups excluding carboxylic acids is 1. The number of nitrogens with one attached hydrogen (secondary N) is 1. The smallest absolute Gasteiger partial charge is 0.238 e. The number of anilines is 3. The number of para-hydroxylation sites is 1. The number of nitrogens with two attached hydrogens (primary N) is 1. The van der Waals surface area contributed by atoms with Crippen molar-refractivity contribution >= 4 is 33.9 Å². The number of pyridine rings is 1. The summed E-state index contributed by atoms with van der Waals surface area (Å²) in [5, 5.41) is 3.02. The molecular weight excluding hydrogens is 398 g/mol. The van der Waals surface area contributed by atoms with Crippen molar-refractivity contribution in [2.45, 2.75) is 49.4 Å². The van der Waals surface area contributed by atoms with Gasteiger partial charge in [-0.15, -0.1) is 0 Å². The molecule has 0 spiro atoms. The Bertz CT molecular complexity index is 956. The average Bonchev–Trinajstić information content (AvgIpc) is 2.91. The van der Waals surface area contributed by atoms with Crippen LogP contribution in [-0.4, -0.2) is 50.9 Å². The van der Waals surface area contributed by atoms with Crippen LogP contribution in [0.2, 0.25) is 0 Å². The van der Waals surface area contributed by atoms with Gasteiger partial charge in [0, 0.05) is 36.6 Å². The van der Waals surface area contributed by atoms with Crippen LogP contribution in [0, 0.1) is 0 Å². The van der Waals surface area contributed by atoms with Crippen molar-refractivity contribution in [2.24, 2.45) is 0 Å². The molecule has 0 aliphatic carbocycles. The molecule has 8 heteroatoms. The molecule has 4 rings (SSSR count). The Kier molecular flexibility index (Phi) is 6.06. The summed E-state index contributed by atoms with van der Waals surface area (Å²) in [4.78, 5) is 22.0. The number of hydrogen-bond acceptors (Lipinski definition) is 6. The fraction of sp³-hybridized carbons (Fsp3) is 0.455. The van der Waals surface area contributed by atoms with Gasteiger partial charge in [-0.25, -0.2) is 4.98 Å². The third-order valence-electron chi connectivity index (χ3n) is 5.84. The molecule has 0 bridgehead atoms. The first-order valence-electron chi connectivity index (χ1n) is 10.4. The first-order valence-corrected chi connectivity index (χ1v) is 11.7. The maximum absolute atomic E-state index is 12.6. The number of hydrogen-bond donors (Lipinski definition) is 2. The lowest BCUT2D eigenvalue weighted by Crippen LogP contribution is -2.46. The van der Waals surface area contributed by atoms with E-state index in [2.05, 4.69) is 26.2 Å². The van der Waals surface area contributed by atoms with Crippen LogP contribution in [0.3, 0.4) is 0 Å². The minimum Gasteiger partial charge on any atom is -0.396 e. The van der Waals surface area contributed by atoms with Crippen LogP contribution < -0.4 is 16.0 Å². The average molecular weight is 428 g/mol. The Labute approximate surface area is 180 Å². The number of nitrogen functional groups attached to an aromatic ring is 1. The lowest BCUT2D eigenvalue weighted by atomic mass is 10.0.